The van der Waals surface area contributed by atoms with Crippen LogP contribution in [0.15, 0.2) is 0 Å². The van der Waals surface area contributed by atoms with Gasteiger partial charge in [-0.1, -0.05) is 20.8 Å². The van der Waals surface area contributed by atoms with Crippen molar-refractivity contribution in [2.24, 2.45) is 16.7 Å². The third-order valence-electron chi connectivity index (χ3n) is 7.77. The molecule has 148 valence electrons. The topological polar surface area (TPSA) is 61.9 Å². The number of ether oxygens (including phenoxy) is 1. The number of hydrogen-bond acceptors (Lipinski definition) is 3. The van der Waals surface area contributed by atoms with Gasteiger partial charge in [0.15, 0.2) is 0 Å². The van der Waals surface area contributed by atoms with E-state index in [0.717, 1.165) is 38.6 Å². The summed E-state index contributed by atoms with van der Waals surface area (Å²) in [7, 11) is 3.66. The molecule has 3 rings (SSSR count). The number of methoxy groups -OCH3 is 1. The van der Waals surface area contributed by atoms with Crippen LogP contribution >= 0.6 is 0 Å². The van der Waals surface area contributed by atoms with E-state index in [2.05, 4.69) is 26.1 Å². The summed E-state index contributed by atoms with van der Waals surface area (Å²) in [6, 6.07) is 0.182. The second-order valence-electron chi connectivity index (χ2n) is 8.63. The van der Waals surface area contributed by atoms with Crippen LogP contribution in [0.3, 0.4) is 0 Å². The molecule has 0 aromatic rings. The molecule has 3 atom stereocenters. The molecule has 6 nitrogen and oxygen atoms in total. The highest BCUT2D eigenvalue weighted by Crippen LogP contribution is 2.52. The fourth-order valence-corrected chi connectivity index (χ4v) is 5.92. The Balaban J connectivity index is 1.60. The van der Waals surface area contributed by atoms with Crippen molar-refractivity contribution in [2.75, 3.05) is 33.8 Å². The number of carbonyl (C=O) groups excluding carboxylic acids is 2. The zero-order valence-electron chi connectivity index (χ0n) is 17.0. The molecule has 0 bridgehead atoms. The summed E-state index contributed by atoms with van der Waals surface area (Å²) in [5.74, 6) is 0.592. The van der Waals surface area contributed by atoms with Crippen LogP contribution in [-0.4, -0.2) is 67.7 Å². The molecular weight excluding hydrogens is 330 g/mol. The highest BCUT2D eigenvalue weighted by atomic mass is 16.5. The summed E-state index contributed by atoms with van der Waals surface area (Å²) in [6.45, 7) is 8.73. The minimum Gasteiger partial charge on any atom is -0.380 e. The normalized spacial score (nSPS) is 32.7. The number of piperidine rings is 1. The molecular formula is C20H35N3O3. The lowest BCUT2D eigenvalue weighted by atomic mass is 9.53. The maximum Gasteiger partial charge on any atom is 0.317 e. The van der Waals surface area contributed by atoms with Crippen molar-refractivity contribution in [3.63, 3.8) is 0 Å². The molecule has 2 heterocycles. The fraction of sp³-hybridized carbons (Fsp3) is 0.900. The van der Waals surface area contributed by atoms with E-state index in [4.69, 9.17) is 4.74 Å². The van der Waals surface area contributed by atoms with Gasteiger partial charge in [0.25, 0.3) is 0 Å². The quantitative estimate of drug-likeness (QED) is 0.832. The van der Waals surface area contributed by atoms with Crippen molar-refractivity contribution >= 4 is 11.9 Å². The van der Waals surface area contributed by atoms with Crippen molar-refractivity contribution < 1.29 is 14.3 Å². The van der Waals surface area contributed by atoms with Crippen LogP contribution in [0.4, 0.5) is 4.79 Å². The van der Waals surface area contributed by atoms with Crippen LogP contribution in [0.5, 0.6) is 0 Å². The fourth-order valence-electron chi connectivity index (χ4n) is 5.92. The van der Waals surface area contributed by atoms with Crippen molar-refractivity contribution in [1.82, 2.24) is 15.1 Å². The molecule has 6 heteroatoms. The molecule has 3 fully saturated rings. The van der Waals surface area contributed by atoms with Crippen LogP contribution in [0, 0.1) is 16.7 Å². The van der Waals surface area contributed by atoms with Crippen molar-refractivity contribution in [2.45, 2.75) is 65.0 Å². The molecule has 3 aliphatic rings. The van der Waals surface area contributed by atoms with Crippen molar-refractivity contribution in [3.8, 4) is 0 Å². The SMILES string of the molecule is CCC1(CC)C(NC(=O)N2CCC3(CCN(C)C3=O)CC2)C(C)C1OC. The zero-order chi connectivity index (χ0) is 19.1. The Morgan fingerprint density at radius 2 is 1.77 bits per heavy atom. The van der Waals surface area contributed by atoms with E-state index in [-0.39, 0.29) is 34.9 Å². The van der Waals surface area contributed by atoms with Gasteiger partial charge < -0.3 is 19.9 Å². The highest BCUT2D eigenvalue weighted by molar-refractivity contribution is 5.85. The molecule has 1 spiro atoms. The van der Waals surface area contributed by atoms with E-state index in [1.807, 2.05) is 16.8 Å². The number of carbonyl (C=O) groups is 2. The molecule has 3 unspecified atom stereocenters. The van der Waals surface area contributed by atoms with Crippen LogP contribution in [0.2, 0.25) is 0 Å². The van der Waals surface area contributed by atoms with E-state index in [9.17, 15) is 9.59 Å². The Morgan fingerprint density at radius 3 is 2.23 bits per heavy atom. The standard InChI is InChI=1S/C20H35N3O3/c1-6-20(7-2)15(14(3)16(20)26-5)21-18(25)23-12-9-19(10-13-23)8-11-22(4)17(19)24/h14-16H,6-13H2,1-5H3,(H,21,25). The van der Waals surface area contributed by atoms with Gasteiger partial charge in [-0.3, -0.25) is 4.79 Å². The first kappa shape index (κ1) is 19.5. The summed E-state index contributed by atoms with van der Waals surface area (Å²) in [4.78, 5) is 29.1. The Labute approximate surface area is 157 Å². The largest absolute Gasteiger partial charge is 0.380 e. The Bertz CT molecular complexity index is 553. The van der Waals surface area contributed by atoms with E-state index in [1.54, 1.807) is 7.11 Å². The molecule has 1 N–H and O–H groups in total. The smallest absolute Gasteiger partial charge is 0.317 e. The molecule has 0 aromatic heterocycles. The number of hydrogen-bond donors (Lipinski definition) is 1. The second-order valence-corrected chi connectivity index (χ2v) is 8.63. The Kier molecular flexibility index (Phi) is 5.26. The molecule has 1 saturated carbocycles. The van der Waals surface area contributed by atoms with E-state index in [1.165, 1.54) is 0 Å². The molecule has 26 heavy (non-hydrogen) atoms. The average molecular weight is 366 g/mol. The van der Waals surface area contributed by atoms with Gasteiger partial charge in [0.05, 0.1) is 11.5 Å². The summed E-state index contributed by atoms with van der Waals surface area (Å²) < 4.78 is 5.73. The summed E-state index contributed by atoms with van der Waals surface area (Å²) in [5.41, 5.74) is -0.183. The van der Waals surface area contributed by atoms with Crippen LogP contribution < -0.4 is 5.32 Å². The average Bonchev–Trinajstić information content (AvgIpc) is 2.92. The summed E-state index contributed by atoms with van der Waals surface area (Å²) in [6.07, 6.45) is 4.72. The minimum absolute atomic E-state index is 0.0244. The molecule has 2 aliphatic heterocycles. The highest BCUT2D eigenvalue weighted by Gasteiger charge is 2.59. The summed E-state index contributed by atoms with van der Waals surface area (Å²) >= 11 is 0. The van der Waals surface area contributed by atoms with E-state index >= 15 is 0 Å². The lowest BCUT2D eigenvalue weighted by Crippen LogP contribution is -2.71. The molecule has 3 amide bonds. The summed E-state index contributed by atoms with van der Waals surface area (Å²) in [5, 5.41) is 3.30. The number of likely N-dealkylation sites (tertiary alicyclic amines) is 2. The van der Waals surface area contributed by atoms with E-state index in [0.29, 0.717) is 19.0 Å². The number of nitrogens with one attached hydrogen (secondary N) is 1. The number of amides is 3. The lowest BCUT2D eigenvalue weighted by Gasteiger charge is -2.60. The Morgan fingerprint density at radius 1 is 1.19 bits per heavy atom. The van der Waals surface area contributed by atoms with Gasteiger partial charge in [0, 0.05) is 51.2 Å². The predicted octanol–water partition coefficient (Wildman–Crippen LogP) is 2.48. The first-order valence-corrected chi connectivity index (χ1v) is 10.2. The van der Waals surface area contributed by atoms with Gasteiger partial charge in [-0.05, 0) is 32.1 Å². The molecule has 1 aliphatic carbocycles. The van der Waals surface area contributed by atoms with Gasteiger partial charge in [-0.2, -0.15) is 0 Å². The van der Waals surface area contributed by atoms with Crippen molar-refractivity contribution in [1.29, 1.82) is 0 Å². The van der Waals surface area contributed by atoms with Crippen molar-refractivity contribution in [3.05, 3.63) is 0 Å². The van der Waals surface area contributed by atoms with Gasteiger partial charge in [0.1, 0.15) is 0 Å². The first-order chi connectivity index (χ1) is 12.3. The number of nitrogens with zero attached hydrogens (tertiary/aromatic N) is 2. The minimum atomic E-state index is -0.215. The monoisotopic (exact) mass is 365 g/mol. The number of urea groups is 1. The van der Waals surface area contributed by atoms with Gasteiger partial charge in [-0.25, -0.2) is 4.79 Å². The van der Waals surface area contributed by atoms with Crippen LogP contribution in [-0.2, 0) is 9.53 Å². The molecule has 0 radical (unpaired) electrons. The third-order valence-corrected chi connectivity index (χ3v) is 7.77. The Hall–Kier alpha value is -1.30. The van der Waals surface area contributed by atoms with Crippen LogP contribution in [0.25, 0.3) is 0 Å². The van der Waals surface area contributed by atoms with Gasteiger partial charge in [0.2, 0.25) is 5.91 Å². The van der Waals surface area contributed by atoms with Gasteiger partial charge >= 0.3 is 6.03 Å². The first-order valence-electron chi connectivity index (χ1n) is 10.2. The number of rotatable bonds is 4. The van der Waals surface area contributed by atoms with Crippen LogP contribution in [0.1, 0.15) is 52.9 Å². The maximum absolute atomic E-state index is 12.9. The molecule has 2 saturated heterocycles. The predicted molar refractivity (Wildman–Crippen MR) is 101 cm³/mol. The molecule has 0 aromatic carbocycles. The van der Waals surface area contributed by atoms with Gasteiger partial charge in [-0.15, -0.1) is 0 Å². The van der Waals surface area contributed by atoms with E-state index < -0.39 is 0 Å². The maximum atomic E-state index is 12.9. The second kappa shape index (κ2) is 7.02. The third kappa shape index (κ3) is 2.72. The zero-order valence-corrected chi connectivity index (χ0v) is 17.0. The lowest BCUT2D eigenvalue weighted by molar-refractivity contribution is -0.165.